The number of ether oxygens (including phenoxy) is 1. The molecule has 0 aliphatic heterocycles. The van der Waals surface area contributed by atoms with Crippen LogP contribution in [0.1, 0.15) is 37.0 Å². The maximum atomic E-state index is 14.2. The van der Waals surface area contributed by atoms with Crippen molar-refractivity contribution in [3.05, 3.63) is 76.9 Å². The second-order valence-electron chi connectivity index (χ2n) is 5.62. The molecule has 2 aromatic rings. The molecule has 25 heavy (non-hydrogen) atoms. The third-order valence-corrected chi connectivity index (χ3v) is 3.86. The standard InChI is InChI=1S/C20H20F4O/c1-3-5-6-7-14-8-11-16(12-9-14)25-20(23,24)17-13-10-15(4-2)18(21)19(17)22/h3,5,8-13H,4,6-7H2,1-2H3/b5-3+. The van der Waals surface area contributed by atoms with Crippen LogP contribution in [0.3, 0.4) is 0 Å². The van der Waals surface area contributed by atoms with E-state index >= 15 is 0 Å². The van der Waals surface area contributed by atoms with E-state index in [1.807, 2.05) is 19.1 Å². The molecule has 1 nitrogen and oxygen atoms in total. The molecular weight excluding hydrogens is 332 g/mol. The van der Waals surface area contributed by atoms with Crippen molar-refractivity contribution in [3.8, 4) is 5.75 Å². The summed E-state index contributed by atoms with van der Waals surface area (Å²) in [6, 6.07) is 8.15. The summed E-state index contributed by atoms with van der Waals surface area (Å²) in [4.78, 5) is 0. The van der Waals surface area contributed by atoms with Gasteiger partial charge in [-0.25, -0.2) is 8.78 Å². The third kappa shape index (κ3) is 4.62. The highest BCUT2D eigenvalue weighted by molar-refractivity contribution is 5.31. The Kier molecular flexibility index (Phi) is 6.23. The quantitative estimate of drug-likeness (QED) is 0.428. The number of hydrogen-bond donors (Lipinski definition) is 0. The van der Waals surface area contributed by atoms with E-state index in [-0.39, 0.29) is 17.7 Å². The number of benzene rings is 2. The minimum atomic E-state index is -3.97. The van der Waals surface area contributed by atoms with Gasteiger partial charge in [-0.15, -0.1) is 0 Å². The second-order valence-corrected chi connectivity index (χ2v) is 5.62. The fraction of sp³-hybridized carbons (Fsp3) is 0.300. The first-order valence-corrected chi connectivity index (χ1v) is 8.13. The van der Waals surface area contributed by atoms with Crippen molar-refractivity contribution in [3.63, 3.8) is 0 Å². The van der Waals surface area contributed by atoms with E-state index in [0.717, 1.165) is 30.5 Å². The van der Waals surface area contributed by atoms with E-state index in [9.17, 15) is 17.6 Å². The maximum Gasteiger partial charge on any atom is 0.429 e. The van der Waals surface area contributed by atoms with Gasteiger partial charge in [-0.3, -0.25) is 0 Å². The molecular formula is C20H20F4O. The fourth-order valence-corrected chi connectivity index (χ4v) is 2.43. The van der Waals surface area contributed by atoms with E-state index in [2.05, 4.69) is 4.74 Å². The van der Waals surface area contributed by atoms with E-state index < -0.39 is 23.3 Å². The van der Waals surface area contributed by atoms with Crippen LogP contribution in [0.25, 0.3) is 0 Å². The number of rotatable bonds is 7. The Morgan fingerprint density at radius 3 is 2.28 bits per heavy atom. The van der Waals surface area contributed by atoms with Crippen molar-refractivity contribution in [1.82, 2.24) is 0 Å². The molecule has 0 radical (unpaired) electrons. The predicted molar refractivity (Wildman–Crippen MR) is 89.8 cm³/mol. The van der Waals surface area contributed by atoms with Crippen LogP contribution >= 0.6 is 0 Å². The number of alkyl halides is 2. The SMILES string of the molecule is C/C=C/CCc1ccc(OC(F)(F)c2ccc(CC)c(F)c2F)cc1. The summed E-state index contributed by atoms with van der Waals surface area (Å²) in [5.41, 5.74) is -0.0971. The van der Waals surface area contributed by atoms with Crippen molar-refractivity contribution < 1.29 is 22.3 Å². The van der Waals surface area contributed by atoms with Gasteiger partial charge in [0.15, 0.2) is 11.6 Å². The number of halogens is 4. The van der Waals surface area contributed by atoms with Crippen LogP contribution in [0.2, 0.25) is 0 Å². The van der Waals surface area contributed by atoms with Crippen LogP contribution in [0.4, 0.5) is 17.6 Å². The summed E-state index contributed by atoms with van der Waals surface area (Å²) in [5, 5.41) is 0. The molecule has 0 fully saturated rings. The molecule has 0 unspecified atom stereocenters. The first kappa shape index (κ1) is 19.0. The topological polar surface area (TPSA) is 9.23 Å². The average Bonchev–Trinajstić information content (AvgIpc) is 2.58. The van der Waals surface area contributed by atoms with Crippen molar-refractivity contribution in [1.29, 1.82) is 0 Å². The first-order chi connectivity index (χ1) is 11.9. The average molecular weight is 352 g/mol. The second kappa shape index (κ2) is 8.19. The van der Waals surface area contributed by atoms with Gasteiger partial charge in [0, 0.05) is 0 Å². The van der Waals surface area contributed by atoms with Crippen LogP contribution in [0, 0.1) is 11.6 Å². The van der Waals surface area contributed by atoms with Crippen LogP contribution in [0.5, 0.6) is 5.75 Å². The van der Waals surface area contributed by atoms with Gasteiger partial charge in [0.05, 0.1) is 0 Å². The zero-order valence-electron chi connectivity index (χ0n) is 14.2. The van der Waals surface area contributed by atoms with E-state index in [0.29, 0.717) is 0 Å². The van der Waals surface area contributed by atoms with Crippen LogP contribution in [-0.4, -0.2) is 0 Å². The van der Waals surface area contributed by atoms with Crippen molar-refractivity contribution in [2.75, 3.05) is 0 Å². The maximum absolute atomic E-state index is 14.2. The van der Waals surface area contributed by atoms with E-state index in [4.69, 9.17) is 0 Å². The lowest BCUT2D eigenvalue weighted by molar-refractivity contribution is -0.187. The lowest BCUT2D eigenvalue weighted by Gasteiger charge is -2.19. The van der Waals surface area contributed by atoms with Gasteiger partial charge < -0.3 is 4.74 Å². The normalized spacial score (nSPS) is 11.9. The number of allylic oxidation sites excluding steroid dienone is 2. The molecule has 2 rings (SSSR count). The molecule has 0 heterocycles. The molecule has 0 aliphatic carbocycles. The molecule has 0 amide bonds. The summed E-state index contributed by atoms with van der Waals surface area (Å²) in [5.74, 6) is -2.95. The molecule has 0 aromatic heterocycles. The lowest BCUT2D eigenvalue weighted by Crippen LogP contribution is -2.24. The lowest BCUT2D eigenvalue weighted by atomic mass is 10.1. The molecule has 2 aromatic carbocycles. The predicted octanol–water partition coefficient (Wildman–Crippen LogP) is 6.16. The molecule has 0 saturated carbocycles. The van der Waals surface area contributed by atoms with E-state index in [1.165, 1.54) is 12.1 Å². The summed E-state index contributed by atoms with van der Waals surface area (Å²) in [7, 11) is 0. The Balaban J connectivity index is 2.17. The molecule has 134 valence electrons. The Hall–Kier alpha value is -2.30. The van der Waals surface area contributed by atoms with Gasteiger partial charge in [-0.2, -0.15) is 8.78 Å². The fourth-order valence-electron chi connectivity index (χ4n) is 2.43. The molecule has 0 spiro atoms. The largest absolute Gasteiger partial charge is 0.429 e. The smallest absolute Gasteiger partial charge is 0.429 e. The number of aryl methyl sites for hydroxylation is 2. The van der Waals surface area contributed by atoms with Gasteiger partial charge >= 0.3 is 6.11 Å². The summed E-state index contributed by atoms with van der Waals surface area (Å²) < 4.78 is 60.8. The van der Waals surface area contributed by atoms with Crippen molar-refractivity contribution in [2.24, 2.45) is 0 Å². The Labute approximate surface area is 144 Å². The van der Waals surface area contributed by atoms with Gasteiger partial charge in [-0.1, -0.05) is 37.3 Å². The molecule has 5 heteroatoms. The zero-order valence-corrected chi connectivity index (χ0v) is 14.2. The summed E-state index contributed by atoms with van der Waals surface area (Å²) in [6.45, 7) is 3.54. The molecule has 0 aliphatic rings. The van der Waals surface area contributed by atoms with Gasteiger partial charge in [0.25, 0.3) is 0 Å². The zero-order chi connectivity index (χ0) is 18.4. The molecule has 0 saturated heterocycles. The Morgan fingerprint density at radius 2 is 1.68 bits per heavy atom. The molecule has 0 atom stereocenters. The first-order valence-electron chi connectivity index (χ1n) is 8.13. The van der Waals surface area contributed by atoms with Crippen LogP contribution in [-0.2, 0) is 19.0 Å². The minimum absolute atomic E-state index is 0.0440. The minimum Gasteiger partial charge on any atom is -0.429 e. The van der Waals surface area contributed by atoms with Crippen LogP contribution in [0.15, 0.2) is 48.6 Å². The summed E-state index contributed by atoms with van der Waals surface area (Å²) >= 11 is 0. The van der Waals surface area contributed by atoms with Crippen molar-refractivity contribution >= 4 is 0 Å². The van der Waals surface area contributed by atoms with Crippen molar-refractivity contribution in [2.45, 2.75) is 39.2 Å². The Morgan fingerprint density at radius 1 is 1.00 bits per heavy atom. The molecule has 0 N–H and O–H groups in total. The van der Waals surface area contributed by atoms with Gasteiger partial charge in [0.2, 0.25) is 0 Å². The van der Waals surface area contributed by atoms with Gasteiger partial charge in [-0.05, 0) is 55.5 Å². The molecule has 0 bridgehead atoms. The Bertz CT molecular complexity index is 736. The monoisotopic (exact) mass is 352 g/mol. The summed E-state index contributed by atoms with van der Waals surface area (Å²) in [6.07, 6.45) is 1.82. The highest BCUT2D eigenvalue weighted by Gasteiger charge is 2.39. The highest BCUT2D eigenvalue weighted by atomic mass is 19.3. The van der Waals surface area contributed by atoms with E-state index in [1.54, 1.807) is 19.1 Å². The highest BCUT2D eigenvalue weighted by Crippen LogP contribution is 2.34. The van der Waals surface area contributed by atoms with Crippen LogP contribution < -0.4 is 4.74 Å². The number of hydrogen-bond acceptors (Lipinski definition) is 1. The van der Waals surface area contributed by atoms with Gasteiger partial charge in [0.1, 0.15) is 11.3 Å². The third-order valence-electron chi connectivity index (χ3n) is 3.86.